The number of nitrogen functional groups attached to an aromatic ring is 1. The average Bonchev–Trinajstić information content (AvgIpc) is 3.46. The molecule has 0 unspecified atom stereocenters. The minimum absolute atomic E-state index is 0.122. The molecule has 11 nitrogen and oxygen atoms in total. The first-order valence-electron chi connectivity index (χ1n) is 8.86. The number of fused-ring (bicyclic) bond motifs is 2. The second-order valence-electron chi connectivity index (χ2n) is 6.33. The Balaban J connectivity index is 1.63. The fraction of sp³-hybridized carbons (Fsp3) is 0.167. The topological polar surface area (TPSA) is 157 Å². The maximum absolute atomic E-state index is 11.4. The predicted octanol–water partition coefficient (Wildman–Crippen LogP) is 1.82. The van der Waals surface area contributed by atoms with Crippen LogP contribution in [0, 0.1) is 0 Å². The molecule has 152 valence electrons. The number of hydrogen-bond acceptors (Lipinski definition) is 10. The van der Waals surface area contributed by atoms with Gasteiger partial charge in [-0.15, -0.1) is 0 Å². The molecule has 1 amide bonds. The maximum Gasteiger partial charge on any atom is 0.231 e. The lowest BCUT2D eigenvalue weighted by atomic mass is 10.2. The zero-order chi connectivity index (χ0) is 20.7. The van der Waals surface area contributed by atoms with Crippen molar-refractivity contribution in [3.8, 4) is 23.0 Å². The van der Waals surface area contributed by atoms with Gasteiger partial charge in [0.25, 0.3) is 0 Å². The van der Waals surface area contributed by atoms with Gasteiger partial charge >= 0.3 is 0 Å². The number of carbonyl (C=O) groups is 1. The summed E-state index contributed by atoms with van der Waals surface area (Å²) in [5.41, 5.74) is 13.0. The molecule has 1 aliphatic rings. The Morgan fingerprint density at radius 2 is 2.03 bits per heavy atom. The molecule has 0 fully saturated rings. The minimum atomic E-state index is -0.432. The highest BCUT2D eigenvalue weighted by atomic mass is 32.2. The van der Waals surface area contributed by atoms with Crippen molar-refractivity contribution in [1.82, 2.24) is 24.5 Å². The number of rotatable bonds is 6. The second-order valence-corrected chi connectivity index (χ2v) is 7.34. The number of aryl methyl sites for hydroxylation is 1. The molecule has 0 radical (unpaired) electrons. The summed E-state index contributed by atoms with van der Waals surface area (Å²) in [7, 11) is 0. The summed E-state index contributed by atoms with van der Waals surface area (Å²) in [6, 6.07) is 3.64. The lowest BCUT2D eigenvalue weighted by molar-refractivity contribution is -0.118. The molecule has 0 saturated carbocycles. The van der Waals surface area contributed by atoms with E-state index in [1.165, 1.54) is 24.4 Å². The largest absolute Gasteiger partial charge is 0.454 e. The number of imidazole rings is 1. The molecule has 4 aromatic rings. The summed E-state index contributed by atoms with van der Waals surface area (Å²) in [6.07, 6.45) is 4.53. The van der Waals surface area contributed by atoms with Crippen LogP contribution in [0.2, 0.25) is 0 Å². The van der Waals surface area contributed by atoms with Gasteiger partial charge in [-0.05, 0) is 12.1 Å². The van der Waals surface area contributed by atoms with Gasteiger partial charge in [0.1, 0.15) is 12.6 Å². The molecule has 1 aliphatic heterocycles. The van der Waals surface area contributed by atoms with Gasteiger partial charge in [-0.2, -0.15) is 0 Å². The van der Waals surface area contributed by atoms with Gasteiger partial charge in [0.2, 0.25) is 18.6 Å². The van der Waals surface area contributed by atoms with Gasteiger partial charge < -0.3 is 29.9 Å². The number of hydrogen-bond donors (Lipinski definition) is 2. The summed E-state index contributed by atoms with van der Waals surface area (Å²) in [5, 5.41) is 0.560. The Kier molecular flexibility index (Phi) is 4.39. The normalized spacial score (nSPS) is 12.5. The lowest BCUT2D eigenvalue weighted by Gasteiger charge is -2.10. The minimum Gasteiger partial charge on any atom is -0.454 e. The number of nitrogens with zero attached hydrogens (tertiary/aromatic N) is 5. The van der Waals surface area contributed by atoms with Crippen molar-refractivity contribution < 1.29 is 18.7 Å². The van der Waals surface area contributed by atoms with E-state index in [9.17, 15) is 4.79 Å². The highest BCUT2D eigenvalue weighted by Crippen LogP contribution is 2.44. The average molecular weight is 425 g/mol. The van der Waals surface area contributed by atoms with Gasteiger partial charge in [-0.1, -0.05) is 11.8 Å². The van der Waals surface area contributed by atoms with E-state index in [-0.39, 0.29) is 19.0 Å². The number of oxazole rings is 1. The van der Waals surface area contributed by atoms with Crippen LogP contribution in [-0.4, -0.2) is 37.2 Å². The maximum atomic E-state index is 11.4. The van der Waals surface area contributed by atoms with Crippen molar-refractivity contribution >= 4 is 34.7 Å². The molecule has 0 atom stereocenters. The number of primary amides is 1. The van der Waals surface area contributed by atoms with Gasteiger partial charge in [0.05, 0.1) is 11.8 Å². The van der Waals surface area contributed by atoms with Crippen LogP contribution in [0.15, 0.2) is 45.4 Å². The number of anilines is 1. The zero-order valence-corrected chi connectivity index (χ0v) is 16.3. The first-order chi connectivity index (χ1) is 14.6. The van der Waals surface area contributed by atoms with Gasteiger partial charge in [0.15, 0.2) is 33.6 Å². The summed E-state index contributed by atoms with van der Waals surface area (Å²) in [4.78, 5) is 29.3. The fourth-order valence-corrected chi connectivity index (χ4v) is 4.11. The van der Waals surface area contributed by atoms with E-state index >= 15 is 0 Å². The number of benzene rings is 1. The van der Waals surface area contributed by atoms with Crippen LogP contribution in [0.1, 0.15) is 6.42 Å². The summed E-state index contributed by atoms with van der Waals surface area (Å²) in [6.45, 7) is 0.432. The molecule has 1 aromatic carbocycles. The van der Waals surface area contributed by atoms with E-state index < -0.39 is 5.91 Å². The van der Waals surface area contributed by atoms with Crippen LogP contribution in [0.4, 0.5) is 5.82 Å². The van der Waals surface area contributed by atoms with E-state index in [1.807, 2.05) is 6.07 Å². The van der Waals surface area contributed by atoms with Crippen LogP contribution in [-0.2, 0) is 11.3 Å². The molecule has 30 heavy (non-hydrogen) atoms. The third-order valence-corrected chi connectivity index (χ3v) is 5.50. The Morgan fingerprint density at radius 1 is 1.20 bits per heavy atom. The van der Waals surface area contributed by atoms with Crippen LogP contribution < -0.4 is 20.9 Å². The first kappa shape index (κ1) is 18.2. The first-order valence-corrected chi connectivity index (χ1v) is 9.68. The van der Waals surface area contributed by atoms with Gasteiger partial charge in [0, 0.05) is 17.9 Å². The fourth-order valence-electron chi connectivity index (χ4n) is 3.07. The number of amides is 1. The van der Waals surface area contributed by atoms with Crippen molar-refractivity contribution in [2.75, 3.05) is 12.5 Å². The van der Waals surface area contributed by atoms with E-state index in [4.69, 9.17) is 25.4 Å². The molecular formula is C18H15N7O4S. The van der Waals surface area contributed by atoms with Crippen molar-refractivity contribution in [3.05, 3.63) is 30.9 Å². The van der Waals surface area contributed by atoms with Crippen molar-refractivity contribution in [1.29, 1.82) is 0 Å². The summed E-state index contributed by atoms with van der Waals surface area (Å²) < 4.78 is 18.3. The number of ether oxygens (including phenoxy) is 2. The van der Waals surface area contributed by atoms with Crippen LogP contribution in [0.25, 0.3) is 22.6 Å². The van der Waals surface area contributed by atoms with E-state index in [1.54, 1.807) is 16.8 Å². The van der Waals surface area contributed by atoms with Gasteiger partial charge in [-0.25, -0.2) is 19.9 Å². The summed E-state index contributed by atoms with van der Waals surface area (Å²) >= 11 is 1.33. The molecule has 4 heterocycles. The molecule has 0 spiro atoms. The molecular weight excluding hydrogens is 410 g/mol. The molecule has 0 bridgehead atoms. The monoisotopic (exact) mass is 425 g/mol. The Labute approximate surface area is 173 Å². The summed E-state index contributed by atoms with van der Waals surface area (Å²) in [5.74, 6) is 1.45. The number of carbonyl (C=O) groups excluding carboxylic acids is 1. The Morgan fingerprint density at radius 3 is 2.80 bits per heavy atom. The molecule has 0 aliphatic carbocycles. The SMILES string of the molecule is NC(=O)CCn1c(Sc2cc3c(cc2-c2ncco2)OCO3)nc2c(N)ncnc21. The van der Waals surface area contributed by atoms with E-state index in [0.717, 1.165) is 4.90 Å². The van der Waals surface area contributed by atoms with Gasteiger partial charge in [-0.3, -0.25) is 4.79 Å². The third kappa shape index (κ3) is 3.16. The smallest absolute Gasteiger partial charge is 0.231 e. The van der Waals surface area contributed by atoms with Crippen molar-refractivity contribution in [2.45, 2.75) is 23.0 Å². The zero-order valence-electron chi connectivity index (χ0n) is 15.4. The number of nitrogens with two attached hydrogens (primary N) is 2. The van der Waals surface area contributed by atoms with Crippen molar-refractivity contribution in [2.24, 2.45) is 5.73 Å². The predicted molar refractivity (Wildman–Crippen MR) is 106 cm³/mol. The highest BCUT2D eigenvalue weighted by molar-refractivity contribution is 7.99. The molecule has 5 rings (SSSR count). The number of aromatic nitrogens is 5. The Bertz CT molecular complexity index is 1260. The van der Waals surface area contributed by atoms with E-state index in [0.29, 0.717) is 45.8 Å². The second kappa shape index (κ2) is 7.22. The van der Waals surface area contributed by atoms with E-state index in [2.05, 4.69) is 19.9 Å². The molecule has 4 N–H and O–H groups in total. The standard InChI is InChI=1S/C18H15N7O4S/c19-13(26)1-3-25-16-14(15(20)22-7-23-16)24-18(25)30-12-6-11-10(28-8-29-11)5-9(12)17-21-2-4-27-17/h2,4-7H,1,3,8H2,(H2,19,26)(H2,20,22,23). The quantitative estimate of drug-likeness (QED) is 0.467. The lowest BCUT2D eigenvalue weighted by Crippen LogP contribution is -2.14. The van der Waals surface area contributed by atoms with Crippen LogP contribution in [0.5, 0.6) is 11.5 Å². The van der Waals surface area contributed by atoms with Crippen LogP contribution in [0.3, 0.4) is 0 Å². The van der Waals surface area contributed by atoms with Crippen molar-refractivity contribution in [3.63, 3.8) is 0 Å². The molecule has 12 heteroatoms. The van der Waals surface area contributed by atoms with Crippen LogP contribution >= 0.6 is 11.8 Å². The third-order valence-electron chi connectivity index (χ3n) is 4.45. The molecule has 3 aromatic heterocycles. The Hall–Kier alpha value is -3.80. The highest BCUT2D eigenvalue weighted by Gasteiger charge is 2.23. The molecule has 0 saturated heterocycles.